The Morgan fingerprint density at radius 1 is 0.810 bits per heavy atom. The molecule has 1 atom stereocenters. The van der Waals surface area contributed by atoms with Crippen LogP contribution in [0.4, 0.5) is 0 Å². The number of halogens is 1. The quantitative estimate of drug-likeness (QED) is 0.221. The molecule has 0 aromatic carbocycles. The molecular formula is C19H35BrO. The largest absolute Gasteiger partial charge is 0.380 e. The summed E-state index contributed by atoms with van der Waals surface area (Å²) < 4.78 is 0. The van der Waals surface area contributed by atoms with Crippen LogP contribution in [0.3, 0.4) is 0 Å². The molecule has 0 aliphatic carbocycles. The zero-order valence-corrected chi connectivity index (χ0v) is 15.6. The fraction of sp³-hybridized carbons (Fsp3) is 0.895. The number of aliphatic hydroxyl groups is 1. The molecule has 1 N–H and O–H groups in total. The zero-order valence-electron chi connectivity index (χ0n) is 14.0. The normalized spacial score (nSPS) is 12.0. The third-order valence-corrected chi connectivity index (χ3v) is 4.35. The topological polar surface area (TPSA) is 20.2 Å². The molecule has 0 fully saturated rings. The number of aliphatic hydroxyl groups excluding tert-OH is 1. The van der Waals surface area contributed by atoms with Gasteiger partial charge >= 0.3 is 0 Å². The van der Waals surface area contributed by atoms with Crippen LogP contribution in [-0.2, 0) is 0 Å². The fourth-order valence-corrected chi connectivity index (χ4v) is 2.78. The minimum atomic E-state index is -0.394. The van der Waals surface area contributed by atoms with E-state index in [1.54, 1.807) is 0 Å². The van der Waals surface area contributed by atoms with E-state index in [1.807, 2.05) is 0 Å². The van der Waals surface area contributed by atoms with Crippen molar-refractivity contribution in [1.82, 2.24) is 0 Å². The Kier molecular flexibility index (Phi) is 18.1. The summed E-state index contributed by atoms with van der Waals surface area (Å²) in [6.07, 6.45) is 17.2. The molecule has 124 valence electrons. The predicted molar refractivity (Wildman–Crippen MR) is 97.9 cm³/mol. The van der Waals surface area contributed by atoms with E-state index >= 15 is 0 Å². The molecule has 0 aromatic rings. The number of hydrogen-bond donors (Lipinski definition) is 1. The van der Waals surface area contributed by atoms with Crippen molar-refractivity contribution in [3.63, 3.8) is 0 Å². The second kappa shape index (κ2) is 18.1. The molecule has 0 saturated heterocycles. The van der Waals surface area contributed by atoms with Gasteiger partial charge in [0.15, 0.2) is 0 Å². The molecule has 0 rings (SSSR count). The van der Waals surface area contributed by atoms with Crippen LogP contribution >= 0.6 is 15.9 Å². The Balaban J connectivity index is 3.17. The summed E-state index contributed by atoms with van der Waals surface area (Å²) in [5.41, 5.74) is 0. The molecule has 0 radical (unpaired) electrons. The molecule has 0 saturated carbocycles. The van der Waals surface area contributed by atoms with Crippen LogP contribution in [0.1, 0.15) is 96.8 Å². The molecule has 0 aliphatic rings. The fourth-order valence-electron chi connectivity index (χ4n) is 2.38. The molecule has 0 bridgehead atoms. The first-order valence-corrected chi connectivity index (χ1v) is 10.2. The molecule has 1 unspecified atom stereocenters. The van der Waals surface area contributed by atoms with Crippen LogP contribution < -0.4 is 0 Å². The number of unbranched alkanes of at least 4 members (excludes halogenated alkanes) is 11. The second-order valence-corrected chi connectivity index (χ2v) is 6.75. The van der Waals surface area contributed by atoms with Crippen molar-refractivity contribution in [2.75, 3.05) is 5.33 Å². The van der Waals surface area contributed by atoms with E-state index in [9.17, 15) is 5.11 Å². The lowest BCUT2D eigenvalue weighted by atomic mass is 10.1. The Bertz CT molecular complexity index is 254. The molecule has 0 amide bonds. The third kappa shape index (κ3) is 18.0. The summed E-state index contributed by atoms with van der Waals surface area (Å²) in [5.74, 6) is 6.08. The summed E-state index contributed by atoms with van der Waals surface area (Å²) in [6, 6.07) is 0. The van der Waals surface area contributed by atoms with Crippen molar-refractivity contribution in [3.8, 4) is 11.8 Å². The van der Waals surface area contributed by atoms with Crippen LogP contribution in [0.2, 0.25) is 0 Å². The first-order valence-electron chi connectivity index (χ1n) is 9.03. The van der Waals surface area contributed by atoms with Gasteiger partial charge in [-0.15, -0.1) is 5.92 Å². The Morgan fingerprint density at radius 3 is 1.86 bits per heavy atom. The van der Waals surface area contributed by atoms with Crippen molar-refractivity contribution in [2.24, 2.45) is 0 Å². The van der Waals surface area contributed by atoms with E-state index in [4.69, 9.17) is 0 Å². The van der Waals surface area contributed by atoms with Gasteiger partial charge in [-0.05, 0) is 19.3 Å². The SMILES string of the molecule is CCCCC(O)C#CCCCCCCCCCCCCBr. The summed E-state index contributed by atoms with van der Waals surface area (Å²) in [6.45, 7) is 2.14. The number of hydrogen-bond acceptors (Lipinski definition) is 1. The molecule has 2 heteroatoms. The number of rotatable bonds is 14. The predicted octanol–water partition coefficient (Wildman–Crippen LogP) is 6.23. The van der Waals surface area contributed by atoms with Crippen LogP contribution in [0.15, 0.2) is 0 Å². The first-order chi connectivity index (χ1) is 10.3. The highest BCUT2D eigenvalue weighted by molar-refractivity contribution is 9.09. The standard InChI is InChI=1S/C19H35BrO/c1-2-3-16-19(21)17-14-12-10-8-6-4-5-7-9-11-13-15-18-20/h19,21H,2-13,15-16,18H2,1H3. The van der Waals surface area contributed by atoms with Gasteiger partial charge in [-0.1, -0.05) is 93.0 Å². The third-order valence-electron chi connectivity index (χ3n) is 3.79. The number of alkyl halides is 1. The van der Waals surface area contributed by atoms with Crippen molar-refractivity contribution in [1.29, 1.82) is 0 Å². The maximum Gasteiger partial charge on any atom is 0.114 e. The van der Waals surface area contributed by atoms with E-state index < -0.39 is 6.10 Å². The maximum absolute atomic E-state index is 9.58. The summed E-state index contributed by atoms with van der Waals surface area (Å²) in [4.78, 5) is 0. The van der Waals surface area contributed by atoms with Gasteiger partial charge in [-0.2, -0.15) is 0 Å². The molecule has 0 aliphatic heterocycles. The maximum atomic E-state index is 9.58. The zero-order chi connectivity index (χ0) is 15.6. The second-order valence-electron chi connectivity index (χ2n) is 5.95. The smallest absolute Gasteiger partial charge is 0.114 e. The van der Waals surface area contributed by atoms with Gasteiger partial charge in [0.2, 0.25) is 0 Å². The lowest BCUT2D eigenvalue weighted by Crippen LogP contribution is -2.01. The minimum absolute atomic E-state index is 0.394. The lowest BCUT2D eigenvalue weighted by Gasteiger charge is -2.01. The summed E-state index contributed by atoms with van der Waals surface area (Å²) in [7, 11) is 0. The minimum Gasteiger partial charge on any atom is -0.380 e. The highest BCUT2D eigenvalue weighted by Crippen LogP contribution is 2.11. The van der Waals surface area contributed by atoms with Gasteiger partial charge in [-0.25, -0.2) is 0 Å². The van der Waals surface area contributed by atoms with Crippen LogP contribution in [0, 0.1) is 11.8 Å². The Labute approximate surface area is 141 Å². The van der Waals surface area contributed by atoms with E-state index in [0.717, 1.165) is 31.0 Å². The molecule has 0 heterocycles. The van der Waals surface area contributed by atoms with Crippen molar-refractivity contribution in [3.05, 3.63) is 0 Å². The van der Waals surface area contributed by atoms with Gasteiger partial charge in [0.05, 0.1) is 0 Å². The highest BCUT2D eigenvalue weighted by Gasteiger charge is 1.96. The molecular weight excluding hydrogens is 324 g/mol. The van der Waals surface area contributed by atoms with E-state index in [0.29, 0.717) is 0 Å². The first kappa shape index (κ1) is 21.0. The van der Waals surface area contributed by atoms with Crippen LogP contribution in [-0.4, -0.2) is 16.5 Å². The monoisotopic (exact) mass is 358 g/mol. The van der Waals surface area contributed by atoms with Gasteiger partial charge in [0.25, 0.3) is 0 Å². The molecule has 1 nitrogen and oxygen atoms in total. The van der Waals surface area contributed by atoms with Crippen LogP contribution in [0.25, 0.3) is 0 Å². The summed E-state index contributed by atoms with van der Waals surface area (Å²) in [5, 5.41) is 10.7. The van der Waals surface area contributed by atoms with E-state index in [1.165, 1.54) is 64.2 Å². The van der Waals surface area contributed by atoms with Gasteiger partial charge in [-0.3, -0.25) is 0 Å². The van der Waals surface area contributed by atoms with E-state index in [2.05, 4.69) is 34.7 Å². The Hall–Kier alpha value is 0. The van der Waals surface area contributed by atoms with Gasteiger partial charge < -0.3 is 5.11 Å². The van der Waals surface area contributed by atoms with Gasteiger partial charge in [0, 0.05) is 11.8 Å². The molecule has 21 heavy (non-hydrogen) atoms. The highest BCUT2D eigenvalue weighted by atomic mass is 79.9. The van der Waals surface area contributed by atoms with Gasteiger partial charge in [0.1, 0.15) is 6.10 Å². The molecule has 0 spiro atoms. The van der Waals surface area contributed by atoms with Crippen molar-refractivity contribution in [2.45, 2.75) is 103 Å². The van der Waals surface area contributed by atoms with E-state index in [-0.39, 0.29) is 0 Å². The molecule has 0 aromatic heterocycles. The summed E-state index contributed by atoms with van der Waals surface area (Å²) >= 11 is 3.47. The average Bonchev–Trinajstić information content (AvgIpc) is 2.49. The van der Waals surface area contributed by atoms with Crippen LogP contribution in [0.5, 0.6) is 0 Å². The van der Waals surface area contributed by atoms with Crippen molar-refractivity contribution >= 4 is 15.9 Å². The Morgan fingerprint density at radius 2 is 1.33 bits per heavy atom. The average molecular weight is 359 g/mol. The lowest BCUT2D eigenvalue weighted by molar-refractivity contribution is 0.218. The van der Waals surface area contributed by atoms with Crippen molar-refractivity contribution < 1.29 is 5.11 Å².